The molecule has 1 N–H and O–H groups in total. The summed E-state index contributed by atoms with van der Waals surface area (Å²) in [6.07, 6.45) is -3.36. The van der Waals surface area contributed by atoms with E-state index in [4.69, 9.17) is 35.3 Å². The van der Waals surface area contributed by atoms with Gasteiger partial charge in [0.1, 0.15) is 36.5 Å². The molecule has 0 bridgehead atoms. The predicted octanol–water partition coefficient (Wildman–Crippen LogP) is 1.80. The molecule has 3 rings (SSSR count). The van der Waals surface area contributed by atoms with Gasteiger partial charge >= 0.3 is 17.9 Å². The van der Waals surface area contributed by atoms with Crippen molar-refractivity contribution in [1.82, 2.24) is 20.1 Å². The van der Waals surface area contributed by atoms with Crippen LogP contribution in [0.4, 0.5) is 0 Å². The van der Waals surface area contributed by atoms with Gasteiger partial charge in [-0.15, -0.1) is 10.2 Å². The van der Waals surface area contributed by atoms with Crippen molar-refractivity contribution >= 4 is 47.2 Å². The van der Waals surface area contributed by atoms with Crippen LogP contribution in [-0.2, 0) is 51.8 Å². The van der Waals surface area contributed by atoms with E-state index < -0.39 is 53.6 Å². The zero-order valence-electron chi connectivity index (χ0n) is 21.9. The average molecular weight is 585 g/mol. The summed E-state index contributed by atoms with van der Waals surface area (Å²) in [5, 5.41) is 12.1. The molecule has 1 saturated heterocycles. The lowest BCUT2D eigenvalue weighted by atomic mass is 9.97. The van der Waals surface area contributed by atoms with Crippen LogP contribution in [0.5, 0.6) is 5.75 Å². The van der Waals surface area contributed by atoms with E-state index in [9.17, 15) is 19.2 Å². The highest BCUT2D eigenvalue weighted by atomic mass is 35.5. The summed E-state index contributed by atoms with van der Waals surface area (Å²) < 4.78 is 29.6. The Morgan fingerprint density at radius 3 is 2.23 bits per heavy atom. The summed E-state index contributed by atoms with van der Waals surface area (Å²) in [5.41, 5.74) is -0.918. The maximum Gasteiger partial charge on any atom is 0.303 e. The molecule has 212 valence electrons. The molecule has 0 spiro atoms. The van der Waals surface area contributed by atoms with Crippen LogP contribution < -0.4 is 10.1 Å². The van der Waals surface area contributed by atoms with E-state index in [1.165, 1.54) is 27.7 Å². The van der Waals surface area contributed by atoms with Gasteiger partial charge in [-0.2, -0.15) is 0 Å². The Morgan fingerprint density at radius 2 is 1.64 bits per heavy atom. The summed E-state index contributed by atoms with van der Waals surface area (Å²) >= 11 is 6.99. The first-order valence-corrected chi connectivity index (χ1v) is 13.0. The summed E-state index contributed by atoms with van der Waals surface area (Å²) in [4.78, 5) is 47.6. The van der Waals surface area contributed by atoms with Gasteiger partial charge < -0.3 is 33.6 Å². The SMILES string of the molecule is CC(=O)N[C@H]1[C@@H](OC(C)=O)[C@H](OC(C)=O)[C@@H](COC(C)=O)O[C@H]1Sc1nnc(COc2ccc(Cl)cc2)n1C. The number of benzene rings is 1. The van der Waals surface area contributed by atoms with Gasteiger partial charge in [0.05, 0.1) is 0 Å². The Kier molecular flexibility index (Phi) is 10.5. The molecule has 39 heavy (non-hydrogen) atoms. The van der Waals surface area contributed by atoms with Gasteiger partial charge in [0.2, 0.25) is 5.91 Å². The van der Waals surface area contributed by atoms with Crippen molar-refractivity contribution in [1.29, 1.82) is 0 Å². The highest BCUT2D eigenvalue weighted by Gasteiger charge is 2.51. The fourth-order valence-corrected chi connectivity index (χ4v) is 5.00. The van der Waals surface area contributed by atoms with Crippen LogP contribution in [-0.4, -0.2) is 75.0 Å². The number of thioether (sulfide) groups is 1. The van der Waals surface area contributed by atoms with Crippen molar-refractivity contribution in [2.24, 2.45) is 7.05 Å². The summed E-state index contributed by atoms with van der Waals surface area (Å²) in [6, 6.07) is 5.87. The van der Waals surface area contributed by atoms with Crippen LogP contribution in [0.25, 0.3) is 0 Å². The molecule has 13 nitrogen and oxygen atoms in total. The number of rotatable bonds is 10. The van der Waals surface area contributed by atoms with Gasteiger partial charge in [-0.1, -0.05) is 23.4 Å². The molecule has 1 aromatic heterocycles. The topological polar surface area (TPSA) is 157 Å². The molecule has 0 aliphatic carbocycles. The Balaban J connectivity index is 1.88. The lowest BCUT2D eigenvalue weighted by Gasteiger charge is -2.44. The van der Waals surface area contributed by atoms with Gasteiger partial charge in [-0.05, 0) is 24.3 Å². The molecule has 5 atom stereocenters. The van der Waals surface area contributed by atoms with Gasteiger partial charge in [0.25, 0.3) is 0 Å². The third kappa shape index (κ3) is 8.57. The molecular weight excluding hydrogens is 556 g/mol. The van der Waals surface area contributed by atoms with E-state index in [-0.39, 0.29) is 13.2 Å². The lowest BCUT2D eigenvalue weighted by molar-refractivity contribution is -0.211. The highest BCUT2D eigenvalue weighted by molar-refractivity contribution is 7.99. The van der Waals surface area contributed by atoms with E-state index in [1.807, 2.05) is 0 Å². The number of esters is 3. The van der Waals surface area contributed by atoms with Crippen LogP contribution in [0.1, 0.15) is 33.5 Å². The lowest BCUT2D eigenvalue weighted by Crippen LogP contribution is -2.65. The number of amides is 1. The molecule has 0 saturated carbocycles. The Labute approximate surface area is 233 Å². The number of ether oxygens (including phenoxy) is 5. The van der Waals surface area contributed by atoms with Crippen LogP contribution in [0.15, 0.2) is 29.4 Å². The first-order valence-electron chi connectivity index (χ1n) is 11.8. The van der Waals surface area contributed by atoms with E-state index >= 15 is 0 Å². The molecule has 1 aliphatic heterocycles. The molecule has 1 aromatic carbocycles. The number of aromatic nitrogens is 3. The Hall–Kier alpha value is -3.36. The number of carbonyl (C=O) groups excluding carboxylic acids is 4. The van der Waals surface area contributed by atoms with Crippen LogP contribution in [0.3, 0.4) is 0 Å². The highest BCUT2D eigenvalue weighted by Crippen LogP contribution is 2.35. The number of carbonyl (C=O) groups is 4. The second-order valence-corrected chi connectivity index (χ2v) is 10.0. The summed E-state index contributed by atoms with van der Waals surface area (Å²) in [5.74, 6) is -1.31. The van der Waals surface area contributed by atoms with Crippen molar-refractivity contribution in [3.8, 4) is 5.75 Å². The quantitative estimate of drug-likeness (QED) is 0.319. The van der Waals surface area contributed by atoms with E-state index in [2.05, 4.69) is 15.5 Å². The van der Waals surface area contributed by atoms with Gasteiger partial charge in [0.15, 0.2) is 23.2 Å². The monoisotopic (exact) mass is 584 g/mol. The van der Waals surface area contributed by atoms with Crippen LogP contribution in [0.2, 0.25) is 5.02 Å². The summed E-state index contributed by atoms with van der Waals surface area (Å²) in [7, 11) is 1.72. The smallest absolute Gasteiger partial charge is 0.303 e. The molecule has 15 heteroatoms. The fraction of sp³-hybridized carbons (Fsp3) is 0.500. The number of nitrogens with zero attached hydrogens (tertiary/aromatic N) is 3. The van der Waals surface area contributed by atoms with Crippen LogP contribution >= 0.6 is 23.4 Å². The third-order valence-electron chi connectivity index (χ3n) is 5.40. The standard InChI is InChI=1S/C24H29ClN4O9S/c1-12(30)26-20-22(37-15(4)33)21(36-14(3)32)18(10-34-13(2)31)38-23(20)39-24-28-27-19(29(24)5)11-35-17-8-6-16(25)7-9-17/h6-9,18,20-23H,10-11H2,1-5H3,(H,26,30)/t18-,20+,21-,22-,23+/m1/s1. The van der Waals surface area contributed by atoms with Crippen molar-refractivity contribution in [2.75, 3.05) is 6.61 Å². The summed E-state index contributed by atoms with van der Waals surface area (Å²) in [6.45, 7) is 4.67. The first kappa shape index (κ1) is 30.2. The van der Waals surface area contributed by atoms with E-state index in [0.717, 1.165) is 11.8 Å². The third-order valence-corrected chi connectivity index (χ3v) is 6.85. The Morgan fingerprint density at radius 1 is 1.00 bits per heavy atom. The molecule has 0 unspecified atom stereocenters. The average Bonchev–Trinajstić information content (AvgIpc) is 3.19. The predicted molar refractivity (Wildman–Crippen MR) is 137 cm³/mol. The van der Waals surface area contributed by atoms with Crippen molar-refractivity contribution in [3.63, 3.8) is 0 Å². The zero-order chi connectivity index (χ0) is 28.7. The normalized spacial score (nSPS) is 22.5. The molecule has 0 radical (unpaired) electrons. The van der Waals surface area contributed by atoms with Crippen molar-refractivity contribution in [3.05, 3.63) is 35.1 Å². The minimum Gasteiger partial charge on any atom is -0.486 e. The zero-order valence-corrected chi connectivity index (χ0v) is 23.5. The largest absolute Gasteiger partial charge is 0.486 e. The van der Waals surface area contributed by atoms with E-state index in [1.54, 1.807) is 35.9 Å². The molecular formula is C24H29ClN4O9S. The molecule has 1 aliphatic rings. The van der Waals surface area contributed by atoms with Crippen molar-refractivity contribution in [2.45, 2.75) is 69.2 Å². The number of hydrogen-bond donors (Lipinski definition) is 1. The number of hydrogen-bond acceptors (Lipinski definition) is 12. The van der Waals surface area contributed by atoms with Crippen molar-refractivity contribution < 1.29 is 42.9 Å². The number of nitrogens with one attached hydrogen (secondary N) is 1. The van der Waals surface area contributed by atoms with E-state index in [0.29, 0.717) is 21.8 Å². The fourth-order valence-electron chi connectivity index (χ4n) is 3.75. The second-order valence-electron chi connectivity index (χ2n) is 8.54. The Bertz CT molecular complexity index is 1190. The number of halogens is 1. The second kappa shape index (κ2) is 13.6. The molecule has 1 fully saturated rings. The molecule has 2 heterocycles. The maximum absolute atomic E-state index is 12.1. The minimum absolute atomic E-state index is 0.103. The molecule has 2 aromatic rings. The van der Waals surface area contributed by atoms with Gasteiger partial charge in [-0.3, -0.25) is 19.2 Å². The van der Waals surface area contributed by atoms with Gasteiger partial charge in [-0.25, -0.2) is 0 Å². The molecule has 1 amide bonds. The van der Waals surface area contributed by atoms with Crippen LogP contribution in [0, 0.1) is 0 Å². The maximum atomic E-state index is 12.1. The van der Waals surface area contributed by atoms with Gasteiger partial charge in [0, 0.05) is 39.8 Å². The minimum atomic E-state index is -1.18. The first-order chi connectivity index (χ1) is 18.4.